The Morgan fingerprint density at radius 2 is 2.43 bits per heavy atom. The first-order chi connectivity index (χ1) is 6.88. The van der Waals surface area contributed by atoms with E-state index >= 15 is 0 Å². The molecule has 0 spiro atoms. The van der Waals surface area contributed by atoms with Gasteiger partial charge in [0.25, 0.3) is 0 Å². The van der Waals surface area contributed by atoms with Crippen LogP contribution in [0.15, 0.2) is 16.1 Å². The van der Waals surface area contributed by atoms with Gasteiger partial charge in [0.1, 0.15) is 5.88 Å². The minimum Gasteiger partial charge on any atom is -0.407 e. The second-order valence-corrected chi connectivity index (χ2v) is 3.69. The van der Waals surface area contributed by atoms with Gasteiger partial charge in [0.15, 0.2) is 0 Å². The molecule has 2 aromatic rings. The van der Waals surface area contributed by atoms with E-state index in [-0.39, 0.29) is 5.88 Å². The van der Waals surface area contributed by atoms with E-state index in [2.05, 4.69) is 20.5 Å². The summed E-state index contributed by atoms with van der Waals surface area (Å²) in [5.74, 6) is 0.647. The van der Waals surface area contributed by atoms with Crippen molar-refractivity contribution in [2.24, 2.45) is 0 Å². The van der Waals surface area contributed by atoms with Gasteiger partial charge in [0, 0.05) is 11.1 Å². The molecule has 74 valence electrons. The van der Waals surface area contributed by atoms with Crippen molar-refractivity contribution in [2.75, 3.05) is 5.32 Å². The largest absolute Gasteiger partial charge is 0.407 e. The van der Waals surface area contributed by atoms with E-state index in [0.29, 0.717) is 18.5 Å². The van der Waals surface area contributed by atoms with Crippen LogP contribution in [0.4, 0.5) is 6.01 Å². The van der Waals surface area contributed by atoms with Crippen LogP contribution in [0.25, 0.3) is 0 Å². The summed E-state index contributed by atoms with van der Waals surface area (Å²) in [4.78, 5) is 5.05. The van der Waals surface area contributed by atoms with Crippen molar-refractivity contribution < 1.29 is 4.42 Å². The number of alkyl halides is 1. The number of aromatic nitrogens is 3. The molecular weight excluding hydrogens is 224 g/mol. The van der Waals surface area contributed by atoms with Crippen molar-refractivity contribution in [1.29, 1.82) is 0 Å². The zero-order valence-corrected chi connectivity index (χ0v) is 8.68. The topological polar surface area (TPSA) is 63.8 Å². The minimum atomic E-state index is 0.231. The number of halogens is 1. The van der Waals surface area contributed by atoms with E-state index in [9.17, 15) is 0 Å². The van der Waals surface area contributed by atoms with E-state index < -0.39 is 0 Å². The van der Waals surface area contributed by atoms with Crippen LogP contribution >= 0.6 is 22.9 Å². The normalized spacial score (nSPS) is 10.4. The smallest absolute Gasteiger partial charge is 0.315 e. The van der Waals surface area contributed by atoms with Crippen molar-refractivity contribution in [1.82, 2.24) is 15.2 Å². The summed E-state index contributed by atoms with van der Waals surface area (Å²) >= 11 is 7.07. The van der Waals surface area contributed by atoms with Gasteiger partial charge >= 0.3 is 6.01 Å². The van der Waals surface area contributed by atoms with Crippen LogP contribution in [-0.4, -0.2) is 15.2 Å². The van der Waals surface area contributed by atoms with Gasteiger partial charge in [-0.05, 0) is 0 Å². The summed E-state index contributed by atoms with van der Waals surface area (Å²) in [7, 11) is 0. The summed E-state index contributed by atoms with van der Waals surface area (Å²) < 4.78 is 5.15. The maximum absolute atomic E-state index is 5.51. The lowest BCUT2D eigenvalue weighted by Crippen LogP contribution is -1.97. The van der Waals surface area contributed by atoms with E-state index in [0.717, 1.165) is 4.88 Å². The van der Waals surface area contributed by atoms with Crippen LogP contribution < -0.4 is 5.32 Å². The molecule has 0 aromatic carbocycles. The van der Waals surface area contributed by atoms with Gasteiger partial charge in [-0.1, -0.05) is 5.10 Å². The van der Waals surface area contributed by atoms with Gasteiger partial charge in [-0.25, -0.2) is 0 Å². The fourth-order valence-electron chi connectivity index (χ4n) is 0.871. The predicted molar refractivity (Wildman–Crippen MR) is 53.3 cm³/mol. The fraction of sp³-hybridized carbons (Fsp3) is 0.286. The van der Waals surface area contributed by atoms with Crippen molar-refractivity contribution in [3.05, 3.63) is 22.5 Å². The molecule has 0 radical (unpaired) electrons. The molecule has 0 saturated heterocycles. The van der Waals surface area contributed by atoms with Crippen LogP contribution in [-0.2, 0) is 12.4 Å². The monoisotopic (exact) mass is 230 g/mol. The molecule has 0 unspecified atom stereocenters. The molecule has 7 heteroatoms. The molecule has 0 atom stereocenters. The molecule has 5 nitrogen and oxygen atoms in total. The summed E-state index contributed by atoms with van der Waals surface area (Å²) in [6, 6.07) is 0.383. The molecule has 0 bridgehead atoms. The number of nitrogens with zero attached hydrogens (tertiary/aromatic N) is 3. The summed E-state index contributed by atoms with van der Waals surface area (Å²) in [5.41, 5.74) is 1.77. The number of anilines is 1. The Kier molecular flexibility index (Phi) is 2.95. The van der Waals surface area contributed by atoms with Gasteiger partial charge in [-0.2, -0.15) is 0 Å². The van der Waals surface area contributed by atoms with E-state index in [1.165, 1.54) is 0 Å². The second-order valence-electron chi connectivity index (χ2n) is 2.46. The van der Waals surface area contributed by atoms with Crippen molar-refractivity contribution in [3.63, 3.8) is 0 Å². The van der Waals surface area contributed by atoms with Crippen molar-refractivity contribution >= 4 is 29.0 Å². The summed E-state index contributed by atoms with van der Waals surface area (Å²) in [5, 5.41) is 10.4. The minimum absolute atomic E-state index is 0.231. The lowest BCUT2D eigenvalue weighted by Gasteiger charge is -1.95. The molecule has 14 heavy (non-hydrogen) atoms. The quantitative estimate of drug-likeness (QED) is 0.813. The first-order valence-electron chi connectivity index (χ1n) is 3.88. The Morgan fingerprint density at radius 3 is 3.07 bits per heavy atom. The lowest BCUT2D eigenvalue weighted by atomic mass is 10.5. The van der Waals surface area contributed by atoms with Crippen LogP contribution in [0, 0.1) is 0 Å². The third-order valence-corrected chi connectivity index (χ3v) is 2.49. The second kappa shape index (κ2) is 4.39. The summed E-state index contributed by atoms with van der Waals surface area (Å²) in [6.45, 7) is 0.634. The van der Waals surface area contributed by atoms with Crippen LogP contribution in [0.1, 0.15) is 10.8 Å². The SMILES string of the molecule is ClCc1nnc(NCc2cncs2)o1. The van der Waals surface area contributed by atoms with Crippen LogP contribution in [0.3, 0.4) is 0 Å². The average molecular weight is 231 g/mol. The van der Waals surface area contributed by atoms with E-state index in [4.69, 9.17) is 16.0 Å². The zero-order chi connectivity index (χ0) is 9.80. The first-order valence-corrected chi connectivity index (χ1v) is 5.29. The Morgan fingerprint density at radius 1 is 1.50 bits per heavy atom. The van der Waals surface area contributed by atoms with Crippen LogP contribution in [0.5, 0.6) is 0 Å². The molecule has 0 amide bonds. The Balaban J connectivity index is 1.92. The Labute approximate surface area is 89.1 Å². The molecule has 2 rings (SSSR count). The van der Waals surface area contributed by atoms with Gasteiger partial charge in [0.2, 0.25) is 5.89 Å². The van der Waals surface area contributed by atoms with E-state index in [1.54, 1.807) is 23.0 Å². The zero-order valence-electron chi connectivity index (χ0n) is 7.11. The molecule has 0 aliphatic rings. The van der Waals surface area contributed by atoms with Crippen molar-refractivity contribution in [3.8, 4) is 0 Å². The van der Waals surface area contributed by atoms with Crippen molar-refractivity contribution in [2.45, 2.75) is 12.4 Å². The molecule has 2 heterocycles. The standard InChI is InChI=1S/C7H7ClN4OS/c8-1-6-11-12-7(13-6)10-3-5-2-9-4-14-5/h2,4H,1,3H2,(H,10,12). The predicted octanol–water partition coefficient (Wildman–Crippen LogP) is 1.88. The molecular formula is C7H7ClN4OS. The van der Waals surface area contributed by atoms with E-state index in [1.807, 2.05) is 0 Å². The number of hydrogen-bond donors (Lipinski definition) is 1. The summed E-state index contributed by atoms with van der Waals surface area (Å²) in [6.07, 6.45) is 1.79. The van der Waals surface area contributed by atoms with Gasteiger partial charge in [0.05, 0.1) is 12.1 Å². The maximum atomic E-state index is 5.51. The van der Waals surface area contributed by atoms with Crippen LogP contribution in [0.2, 0.25) is 0 Å². The van der Waals surface area contributed by atoms with Gasteiger partial charge in [-0.3, -0.25) is 4.98 Å². The number of thiazole rings is 1. The number of nitrogens with one attached hydrogen (secondary N) is 1. The molecule has 0 saturated carbocycles. The molecule has 0 aliphatic carbocycles. The number of rotatable bonds is 4. The highest BCUT2D eigenvalue weighted by Crippen LogP contribution is 2.11. The average Bonchev–Trinajstić information content (AvgIpc) is 2.86. The molecule has 2 aromatic heterocycles. The van der Waals surface area contributed by atoms with Gasteiger partial charge in [-0.15, -0.1) is 28.0 Å². The fourth-order valence-corrected chi connectivity index (χ4v) is 1.51. The third-order valence-electron chi connectivity index (χ3n) is 1.48. The molecule has 0 fully saturated rings. The highest BCUT2D eigenvalue weighted by atomic mass is 35.5. The highest BCUT2D eigenvalue weighted by Gasteiger charge is 2.03. The first kappa shape index (κ1) is 9.42. The van der Waals surface area contributed by atoms with Gasteiger partial charge < -0.3 is 9.73 Å². The third kappa shape index (κ3) is 2.21. The lowest BCUT2D eigenvalue weighted by molar-refractivity contribution is 0.525. The Hall–Kier alpha value is -1.14. The Bertz CT molecular complexity index is 388. The molecule has 0 aliphatic heterocycles. The highest BCUT2D eigenvalue weighted by molar-refractivity contribution is 7.09. The number of hydrogen-bond acceptors (Lipinski definition) is 6. The molecule has 1 N–H and O–H groups in total. The maximum Gasteiger partial charge on any atom is 0.315 e.